The summed E-state index contributed by atoms with van der Waals surface area (Å²) in [5.41, 5.74) is 0. The first-order valence-corrected chi connectivity index (χ1v) is 6.02. The molecule has 72 valence electrons. The van der Waals surface area contributed by atoms with Gasteiger partial charge in [0.25, 0.3) is 0 Å². The maximum atomic E-state index is 3.45. The molecule has 0 amide bonds. The molecule has 2 atom stereocenters. The Bertz CT molecular complexity index is 130. The van der Waals surface area contributed by atoms with Crippen LogP contribution < -0.4 is 5.32 Å². The Morgan fingerprint density at radius 1 is 1.50 bits per heavy atom. The topological polar surface area (TPSA) is 15.3 Å². The maximum absolute atomic E-state index is 3.45. The highest BCUT2D eigenvalue weighted by Gasteiger charge is 2.28. The molecule has 1 aliphatic rings. The lowest BCUT2D eigenvalue weighted by molar-refractivity contribution is 0.262. The van der Waals surface area contributed by atoms with Crippen LogP contribution in [-0.4, -0.2) is 49.1 Å². The largest absolute Gasteiger partial charge is 0.314 e. The van der Waals surface area contributed by atoms with Crippen LogP contribution in [0.15, 0.2) is 0 Å². The fraction of sp³-hybridized carbons (Fsp3) is 1.00. The minimum absolute atomic E-state index is 0.750. The van der Waals surface area contributed by atoms with E-state index < -0.39 is 0 Å². The summed E-state index contributed by atoms with van der Waals surface area (Å²) in [5.74, 6) is 0. The van der Waals surface area contributed by atoms with E-state index in [-0.39, 0.29) is 0 Å². The van der Waals surface area contributed by atoms with Gasteiger partial charge in [-0.3, -0.25) is 0 Å². The molecule has 0 aromatic rings. The first kappa shape index (κ1) is 10.4. The number of nitrogens with one attached hydrogen (secondary N) is 1. The monoisotopic (exact) mass is 188 g/mol. The van der Waals surface area contributed by atoms with Gasteiger partial charge in [-0.15, -0.1) is 0 Å². The van der Waals surface area contributed by atoms with Crippen molar-refractivity contribution in [3.8, 4) is 0 Å². The summed E-state index contributed by atoms with van der Waals surface area (Å²) < 4.78 is 0. The molecule has 0 bridgehead atoms. The third-order valence-corrected chi connectivity index (χ3v) is 3.66. The minimum Gasteiger partial charge on any atom is -0.314 e. The predicted molar refractivity (Wildman–Crippen MR) is 56.9 cm³/mol. The number of thioether (sulfide) groups is 1. The number of hydrogen-bond donors (Lipinski definition) is 1. The van der Waals surface area contributed by atoms with Gasteiger partial charge in [0.15, 0.2) is 0 Å². The number of likely N-dealkylation sites (N-methyl/N-ethyl adjacent to an activating group) is 1. The van der Waals surface area contributed by atoms with Crippen LogP contribution in [0.2, 0.25) is 0 Å². The van der Waals surface area contributed by atoms with Gasteiger partial charge in [-0.2, -0.15) is 11.8 Å². The van der Waals surface area contributed by atoms with Crippen molar-refractivity contribution in [2.75, 3.05) is 32.9 Å². The van der Waals surface area contributed by atoms with Gasteiger partial charge in [0.1, 0.15) is 0 Å². The smallest absolute Gasteiger partial charge is 0.0348 e. The van der Waals surface area contributed by atoms with E-state index in [9.17, 15) is 0 Å². The predicted octanol–water partition coefficient (Wildman–Crippen LogP) is 1.03. The van der Waals surface area contributed by atoms with E-state index in [0.29, 0.717) is 0 Å². The molecule has 1 rings (SSSR count). The van der Waals surface area contributed by atoms with Crippen molar-refractivity contribution in [2.45, 2.75) is 24.6 Å². The minimum atomic E-state index is 0.750. The highest BCUT2D eigenvalue weighted by Crippen LogP contribution is 2.18. The molecular weight excluding hydrogens is 168 g/mol. The summed E-state index contributed by atoms with van der Waals surface area (Å²) >= 11 is 1.99. The van der Waals surface area contributed by atoms with Crippen molar-refractivity contribution < 1.29 is 0 Å². The van der Waals surface area contributed by atoms with Crippen molar-refractivity contribution in [1.29, 1.82) is 0 Å². The van der Waals surface area contributed by atoms with Gasteiger partial charge < -0.3 is 10.2 Å². The highest BCUT2D eigenvalue weighted by atomic mass is 32.2. The second-order valence-electron chi connectivity index (χ2n) is 3.48. The maximum Gasteiger partial charge on any atom is 0.0348 e. The number of hydrogen-bond acceptors (Lipinski definition) is 3. The molecule has 0 spiro atoms. The highest BCUT2D eigenvalue weighted by molar-refractivity contribution is 7.99. The second-order valence-corrected chi connectivity index (χ2v) is 4.56. The second kappa shape index (κ2) is 5.10. The Labute approximate surface area is 80.1 Å². The van der Waals surface area contributed by atoms with Crippen LogP contribution in [0.3, 0.4) is 0 Å². The SMILES string of the molecule is CCCN(C)C1CNCC1SC. The molecule has 0 radical (unpaired) electrons. The van der Waals surface area contributed by atoms with Gasteiger partial charge in [-0.25, -0.2) is 0 Å². The first-order chi connectivity index (χ1) is 5.79. The van der Waals surface area contributed by atoms with Gasteiger partial charge in [0.2, 0.25) is 0 Å². The van der Waals surface area contributed by atoms with Crippen LogP contribution in [-0.2, 0) is 0 Å². The summed E-state index contributed by atoms with van der Waals surface area (Å²) in [7, 11) is 2.24. The van der Waals surface area contributed by atoms with Crippen molar-refractivity contribution >= 4 is 11.8 Å². The first-order valence-electron chi connectivity index (χ1n) is 4.73. The zero-order valence-electron chi connectivity index (χ0n) is 8.34. The van der Waals surface area contributed by atoms with Crippen molar-refractivity contribution in [3.63, 3.8) is 0 Å². The van der Waals surface area contributed by atoms with E-state index in [0.717, 1.165) is 11.3 Å². The Morgan fingerprint density at radius 2 is 2.25 bits per heavy atom. The van der Waals surface area contributed by atoms with Crippen molar-refractivity contribution in [3.05, 3.63) is 0 Å². The molecule has 3 heteroatoms. The van der Waals surface area contributed by atoms with Gasteiger partial charge in [0, 0.05) is 24.4 Å². The molecule has 1 aliphatic heterocycles. The van der Waals surface area contributed by atoms with Gasteiger partial charge in [-0.05, 0) is 26.3 Å². The summed E-state index contributed by atoms with van der Waals surface area (Å²) in [4.78, 5) is 2.49. The van der Waals surface area contributed by atoms with Crippen LogP contribution in [0.25, 0.3) is 0 Å². The Hall–Kier alpha value is 0.270. The Kier molecular flexibility index (Phi) is 4.40. The van der Waals surface area contributed by atoms with E-state index in [4.69, 9.17) is 0 Å². The van der Waals surface area contributed by atoms with Gasteiger partial charge in [0.05, 0.1) is 0 Å². The lowest BCUT2D eigenvalue weighted by Gasteiger charge is -2.27. The molecule has 2 unspecified atom stereocenters. The Balaban J connectivity index is 2.38. The molecule has 0 aromatic carbocycles. The fourth-order valence-electron chi connectivity index (χ4n) is 1.84. The van der Waals surface area contributed by atoms with Crippen LogP contribution in [0.4, 0.5) is 0 Å². The molecule has 0 aromatic heterocycles. The lowest BCUT2D eigenvalue weighted by Crippen LogP contribution is -2.39. The van der Waals surface area contributed by atoms with E-state index in [1.54, 1.807) is 0 Å². The Morgan fingerprint density at radius 3 is 2.83 bits per heavy atom. The van der Waals surface area contributed by atoms with Crippen LogP contribution in [0.5, 0.6) is 0 Å². The van der Waals surface area contributed by atoms with Crippen LogP contribution in [0.1, 0.15) is 13.3 Å². The fourth-order valence-corrected chi connectivity index (χ4v) is 2.74. The van der Waals surface area contributed by atoms with Crippen molar-refractivity contribution in [2.24, 2.45) is 0 Å². The van der Waals surface area contributed by atoms with E-state index in [1.165, 1.54) is 26.1 Å². The lowest BCUT2D eigenvalue weighted by atomic mass is 10.2. The summed E-state index contributed by atoms with van der Waals surface area (Å²) in [6.45, 7) is 5.82. The van der Waals surface area contributed by atoms with Crippen molar-refractivity contribution in [1.82, 2.24) is 10.2 Å². The summed E-state index contributed by atoms with van der Waals surface area (Å²) in [6, 6.07) is 0.750. The molecule has 2 nitrogen and oxygen atoms in total. The standard InChI is InChI=1S/C9H20N2S/c1-4-5-11(2)8-6-10-7-9(8)12-3/h8-10H,4-7H2,1-3H3. The molecule has 1 heterocycles. The van der Waals surface area contributed by atoms with Crippen LogP contribution >= 0.6 is 11.8 Å². The summed E-state index contributed by atoms with van der Waals surface area (Å²) in [6.07, 6.45) is 3.47. The van der Waals surface area contributed by atoms with E-state index >= 15 is 0 Å². The van der Waals surface area contributed by atoms with Crippen LogP contribution in [0, 0.1) is 0 Å². The van der Waals surface area contributed by atoms with Gasteiger partial charge >= 0.3 is 0 Å². The zero-order valence-corrected chi connectivity index (χ0v) is 9.16. The van der Waals surface area contributed by atoms with Gasteiger partial charge in [-0.1, -0.05) is 6.92 Å². The van der Waals surface area contributed by atoms with E-state index in [2.05, 4.69) is 30.4 Å². The third kappa shape index (κ3) is 2.38. The molecule has 1 N–H and O–H groups in total. The third-order valence-electron chi connectivity index (χ3n) is 2.57. The zero-order chi connectivity index (χ0) is 8.97. The number of rotatable bonds is 4. The molecule has 1 fully saturated rings. The molecule has 0 aliphatic carbocycles. The van der Waals surface area contributed by atoms with E-state index in [1.807, 2.05) is 11.8 Å². The molecule has 1 saturated heterocycles. The quantitative estimate of drug-likeness (QED) is 0.709. The molecule has 0 saturated carbocycles. The molecular formula is C9H20N2S. The average Bonchev–Trinajstić information content (AvgIpc) is 2.51. The summed E-state index contributed by atoms with van der Waals surface area (Å²) in [5, 5.41) is 4.24. The molecule has 12 heavy (non-hydrogen) atoms. The normalized spacial score (nSPS) is 30.0. The average molecular weight is 188 g/mol. The number of nitrogens with zero attached hydrogens (tertiary/aromatic N) is 1.